The van der Waals surface area contributed by atoms with Crippen LogP contribution >= 0.6 is 0 Å². The van der Waals surface area contributed by atoms with Gasteiger partial charge in [0.2, 0.25) is 11.8 Å². The van der Waals surface area contributed by atoms with Gasteiger partial charge in [-0.25, -0.2) is 4.39 Å². The second kappa shape index (κ2) is 9.46. The van der Waals surface area contributed by atoms with E-state index in [-0.39, 0.29) is 28.7 Å². The first-order valence-corrected chi connectivity index (χ1v) is 13.9. The molecule has 1 saturated carbocycles. The van der Waals surface area contributed by atoms with Crippen molar-refractivity contribution in [1.82, 2.24) is 15.2 Å². The first kappa shape index (κ1) is 26.5. The van der Waals surface area contributed by atoms with Crippen LogP contribution < -0.4 is 5.32 Å². The maximum Gasteiger partial charge on any atom is 0.234 e. The number of imide groups is 1. The molecule has 3 fully saturated rings. The molecule has 40 heavy (non-hydrogen) atoms. The minimum atomic E-state index is -1.40. The van der Waals surface area contributed by atoms with Crippen LogP contribution in [-0.2, 0) is 27.1 Å². The number of hydrogen-bond donors (Lipinski definition) is 2. The summed E-state index contributed by atoms with van der Waals surface area (Å²) in [6.07, 6.45) is 4.34. The maximum atomic E-state index is 16.2. The van der Waals surface area contributed by atoms with Crippen LogP contribution in [0.4, 0.5) is 4.39 Å². The number of halogens is 1. The number of aromatic nitrogens is 1. The average Bonchev–Trinajstić information content (AvgIpc) is 3.73. The van der Waals surface area contributed by atoms with Crippen molar-refractivity contribution in [3.63, 3.8) is 0 Å². The molecule has 0 bridgehead atoms. The monoisotopic (exact) mass is 540 g/mol. The third-order valence-corrected chi connectivity index (χ3v) is 9.31. The van der Waals surface area contributed by atoms with Gasteiger partial charge in [0.1, 0.15) is 5.82 Å². The smallest absolute Gasteiger partial charge is 0.234 e. The first-order chi connectivity index (χ1) is 19.0. The average molecular weight is 541 g/mol. The highest BCUT2D eigenvalue weighted by atomic mass is 19.1. The fourth-order valence-electron chi connectivity index (χ4n) is 6.54. The summed E-state index contributed by atoms with van der Waals surface area (Å²) in [6.45, 7) is 5.80. The fraction of sp³-hybridized carbons (Fsp3) is 0.438. The summed E-state index contributed by atoms with van der Waals surface area (Å²) in [5.41, 5.74) is 1.10. The van der Waals surface area contributed by atoms with Gasteiger partial charge in [0.15, 0.2) is 0 Å². The third-order valence-electron chi connectivity index (χ3n) is 9.31. The Bertz CT molecular complexity index is 1560. The van der Waals surface area contributed by atoms with Crippen molar-refractivity contribution in [2.45, 2.75) is 69.4 Å². The van der Waals surface area contributed by atoms with E-state index in [0.29, 0.717) is 43.6 Å². The SMILES string of the molecule is CC1(C)CN(Cc2ccc(C3(C#N)CC3)cc2)CC[C@]1(O)c1ccc2ncc(C3CCC(=O)NC3=O)cc2c1F. The van der Waals surface area contributed by atoms with Crippen LogP contribution in [0.1, 0.15) is 74.1 Å². The molecule has 2 saturated heterocycles. The summed E-state index contributed by atoms with van der Waals surface area (Å²) in [6, 6.07) is 15.7. The topological polar surface area (TPSA) is 106 Å². The molecule has 1 aromatic heterocycles. The molecule has 2 aromatic carbocycles. The number of pyridine rings is 1. The molecule has 3 aliphatic rings. The lowest BCUT2D eigenvalue weighted by Gasteiger charge is -2.50. The van der Waals surface area contributed by atoms with E-state index < -0.39 is 28.7 Å². The van der Waals surface area contributed by atoms with E-state index in [1.54, 1.807) is 24.4 Å². The minimum Gasteiger partial charge on any atom is -0.384 e. The zero-order valence-electron chi connectivity index (χ0n) is 22.8. The normalized spacial score (nSPS) is 25.8. The summed E-state index contributed by atoms with van der Waals surface area (Å²) in [7, 11) is 0. The largest absolute Gasteiger partial charge is 0.384 e. The number of nitriles is 1. The molecule has 1 unspecified atom stereocenters. The number of piperidine rings is 2. The van der Waals surface area contributed by atoms with Gasteiger partial charge in [-0.1, -0.05) is 44.2 Å². The second-order valence-corrected chi connectivity index (χ2v) is 12.4. The first-order valence-electron chi connectivity index (χ1n) is 13.9. The molecule has 0 spiro atoms. The van der Waals surface area contributed by atoms with Crippen LogP contribution in [0.5, 0.6) is 0 Å². The molecule has 2 N–H and O–H groups in total. The molecule has 2 amide bonds. The van der Waals surface area contributed by atoms with Gasteiger partial charge >= 0.3 is 0 Å². The summed E-state index contributed by atoms with van der Waals surface area (Å²) in [4.78, 5) is 30.6. The summed E-state index contributed by atoms with van der Waals surface area (Å²) in [5, 5.41) is 24.1. The molecule has 3 heterocycles. The van der Waals surface area contributed by atoms with Gasteiger partial charge in [0.05, 0.1) is 28.5 Å². The minimum absolute atomic E-state index is 0.228. The van der Waals surface area contributed by atoms with Crippen molar-refractivity contribution in [2.24, 2.45) is 5.41 Å². The van der Waals surface area contributed by atoms with Crippen LogP contribution in [0.15, 0.2) is 48.7 Å². The lowest BCUT2D eigenvalue weighted by atomic mass is 9.66. The summed E-state index contributed by atoms with van der Waals surface area (Å²) < 4.78 is 16.2. The number of aliphatic hydroxyl groups is 1. The highest BCUT2D eigenvalue weighted by Crippen LogP contribution is 2.49. The van der Waals surface area contributed by atoms with Crippen LogP contribution in [-0.4, -0.2) is 39.9 Å². The van der Waals surface area contributed by atoms with Gasteiger partial charge in [-0.05, 0) is 54.5 Å². The summed E-state index contributed by atoms with van der Waals surface area (Å²) in [5.74, 6) is -1.79. The molecule has 7 nitrogen and oxygen atoms in total. The van der Waals surface area contributed by atoms with E-state index in [1.165, 1.54) is 0 Å². The van der Waals surface area contributed by atoms with E-state index in [1.807, 2.05) is 13.8 Å². The van der Waals surface area contributed by atoms with Crippen LogP contribution in [0.3, 0.4) is 0 Å². The van der Waals surface area contributed by atoms with Crippen LogP contribution in [0, 0.1) is 22.6 Å². The van der Waals surface area contributed by atoms with Gasteiger partial charge in [0.25, 0.3) is 0 Å². The fourth-order valence-corrected chi connectivity index (χ4v) is 6.54. The van der Waals surface area contributed by atoms with E-state index in [9.17, 15) is 20.0 Å². The van der Waals surface area contributed by atoms with Gasteiger partial charge in [-0.15, -0.1) is 0 Å². The van der Waals surface area contributed by atoms with E-state index in [2.05, 4.69) is 45.5 Å². The Kier molecular flexibility index (Phi) is 6.28. The van der Waals surface area contributed by atoms with Crippen molar-refractivity contribution < 1.29 is 19.1 Å². The number of amides is 2. The summed E-state index contributed by atoms with van der Waals surface area (Å²) >= 11 is 0. The highest BCUT2D eigenvalue weighted by molar-refractivity contribution is 6.01. The predicted octanol–water partition coefficient (Wildman–Crippen LogP) is 4.57. The van der Waals surface area contributed by atoms with Crippen molar-refractivity contribution in [1.29, 1.82) is 5.26 Å². The molecule has 6 rings (SSSR count). The zero-order chi connectivity index (χ0) is 28.3. The predicted molar refractivity (Wildman–Crippen MR) is 147 cm³/mol. The van der Waals surface area contributed by atoms with Crippen molar-refractivity contribution in [3.8, 4) is 6.07 Å². The van der Waals surface area contributed by atoms with E-state index >= 15 is 4.39 Å². The Morgan fingerprint density at radius 2 is 1.90 bits per heavy atom. The Morgan fingerprint density at radius 3 is 2.55 bits per heavy atom. The van der Waals surface area contributed by atoms with Crippen molar-refractivity contribution in [2.75, 3.05) is 13.1 Å². The molecule has 3 aromatic rings. The molecule has 2 aliphatic heterocycles. The number of carbonyl (C=O) groups excluding carboxylic acids is 2. The van der Waals surface area contributed by atoms with Gasteiger partial charge in [-0.2, -0.15) is 5.26 Å². The molecular weight excluding hydrogens is 507 g/mol. The third kappa shape index (κ3) is 4.38. The Balaban J connectivity index is 1.23. The Labute approximate surface area is 233 Å². The molecule has 2 atom stereocenters. The van der Waals surface area contributed by atoms with E-state index in [4.69, 9.17) is 0 Å². The van der Waals surface area contributed by atoms with Crippen LogP contribution in [0.2, 0.25) is 0 Å². The van der Waals surface area contributed by atoms with Crippen molar-refractivity contribution in [3.05, 3.63) is 76.7 Å². The standard InChI is InChI=1S/C32H33FN4O3/c1-30(2)19-37(17-20-3-5-22(6-4-20)31(18-34)11-12-31)14-13-32(30,40)25-8-9-26-24(28(25)33)15-21(16-35-26)23-7-10-27(38)36-29(23)39/h3-6,8-9,15-16,23,40H,7,10-14,17,19H2,1-2H3,(H,36,38,39)/t23?,32-/m0/s1. The molecule has 8 heteroatoms. The molecule has 1 aliphatic carbocycles. The lowest BCUT2D eigenvalue weighted by Crippen LogP contribution is -2.55. The second-order valence-electron chi connectivity index (χ2n) is 12.4. The number of carbonyl (C=O) groups is 2. The van der Waals surface area contributed by atoms with Crippen molar-refractivity contribution >= 4 is 22.7 Å². The maximum absolute atomic E-state index is 16.2. The lowest BCUT2D eigenvalue weighted by molar-refractivity contribution is -0.134. The number of benzene rings is 2. The Hall–Kier alpha value is -3.67. The highest BCUT2D eigenvalue weighted by Gasteiger charge is 2.50. The number of likely N-dealkylation sites (tertiary alicyclic amines) is 1. The molecular formula is C32H33FN4O3. The number of rotatable bonds is 5. The number of fused-ring (bicyclic) bond motifs is 1. The van der Waals surface area contributed by atoms with Crippen LogP contribution in [0.25, 0.3) is 10.9 Å². The van der Waals surface area contributed by atoms with Gasteiger partial charge in [-0.3, -0.25) is 24.8 Å². The van der Waals surface area contributed by atoms with E-state index in [0.717, 1.165) is 24.0 Å². The van der Waals surface area contributed by atoms with Gasteiger partial charge in [0, 0.05) is 48.6 Å². The molecule has 0 radical (unpaired) electrons. The number of nitrogens with one attached hydrogen (secondary N) is 1. The number of hydrogen-bond acceptors (Lipinski definition) is 6. The van der Waals surface area contributed by atoms with Gasteiger partial charge < -0.3 is 5.11 Å². The Morgan fingerprint density at radius 1 is 1.15 bits per heavy atom. The number of nitrogens with zero attached hydrogens (tertiary/aromatic N) is 3. The quantitative estimate of drug-likeness (QED) is 0.460. The molecule has 206 valence electrons. The zero-order valence-corrected chi connectivity index (χ0v) is 22.8.